The topological polar surface area (TPSA) is 53.2 Å². The number of nitrogens with zero attached hydrogens (tertiary/aromatic N) is 1. The summed E-state index contributed by atoms with van der Waals surface area (Å²) in [6.45, 7) is 0. The molecule has 0 atom stereocenters. The summed E-state index contributed by atoms with van der Waals surface area (Å²) >= 11 is 5.68. The van der Waals surface area contributed by atoms with Crippen molar-refractivity contribution in [3.8, 4) is 17.6 Å². The molecule has 0 spiro atoms. The normalized spacial score (nSPS) is 9.73. The summed E-state index contributed by atoms with van der Waals surface area (Å²) in [4.78, 5) is 0. The van der Waals surface area contributed by atoms with Gasteiger partial charge in [0.15, 0.2) is 11.6 Å². The number of hydrogen-bond donors (Lipinski definition) is 1. The molecule has 1 aromatic rings. The summed E-state index contributed by atoms with van der Waals surface area (Å²) in [5.74, 6) is -1.23. The first-order chi connectivity index (χ1) is 7.11. The van der Waals surface area contributed by atoms with Crippen molar-refractivity contribution in [2.45, 2.75) is 12.8 Å². The average Bonchev–Trinajstić information content (AvgIpc) is 2.23. The van der Waals surface area contributed by atoms with E-state index in [1.54, 1.807) is 0 Å². The Morgan fingerprint density at radius 2 is 2.33 bits per heavy atom. The highest BCUT2D eigenvalue weighted by Gasteiger charge is 2.16. The number of rotatable bonds is 3. The molecule has 0 amide bonds. The molecular weight excluding hydrogens is 221 g/mol. The SMILES string of the molecule is COc1c(CCC#N)cc(F)c(O)c1Cl. The lowest BCUT2D eigenvalue weighted by Crippen LogP contribution is -1.95. The third-order valence-corrected chi connectivity index (χ3v) is 2.29. The van der Waals surface area contributed by atoms with Crippen molar-refractivity contribution in [2.24, 2.45) is 0 Å². The summed E-state index contributed by atoms with van der Waals surface area (Å²) in [5, 5.41) is 17.5. The molecule has 0 bridgehead atoms. The molecule has 1 aromatic carbocycles. The van der Waals surface area contributed by atoms with E-state index in [0.717, 1.165) is 6.07 Å². The zero-order valence-corrected chi connectivity index (χ0v) is 8.81. The lowest BCUT2D eigenvalue weighted by Gasteiger charge is -2.10. The van der Waals surface area contributed by atoms with E-state index < -0.39 is 11.6 Å². The Kier molecular flexibility index (Phi) is 3.75. The number of aromatic hydroxyl groups is 1. The first-order valence-electron chi connectivity index (χ1n) is 4.22. The zero-order chi connectivity index (χ0) is 11.4. The third-order valence-electron chi connectivity index (χ3n) is 1.94. The predicted molar refractivity (Wildman–Crippen MR) is 53.6 cm³/mol. The summed E-state index contributed by atoms with van der Waals surface area (Å²) in [7, 11) is 1.37. The Hall–Kier alpha value is -1.47. The lowest BCUT2D eigenvalue weighted by atomic mass is 10.1. The molecule has 15 heavy (non-hydrogen) atoms. The van der Waals surface area contributed by atoms with E-state index in [0.29, 0.717) is 12.0 Å². The minimum absolute atomic E-state index is 0.162. The number of benzene rings is 1. The molecule has 80 valence electrons. The van der Waals surface area contributed by atoms with Gasteiger partial charge in [-0.3, -0.25) is 0 Å². The van der Waals surface area contributed by atoms with Gasteiger partial charge in [-0.1, -0.05) is 11.6 Å². The van der Waals surface area contributed by atoms with Crippen LogP contribution >= 0.6 is 11.6 Å². The summed E-state index contributed by atoms with van der Waals surface area (Å²) in [6.07, 6.45) is 0.563. The fourth-order valence-electron chi connectivity index (χ4n) is 1.24. The molecule has 1 rings (SSSR count). The molecular formula is C10H9ClFNO2. The van der Waals surface area contributed by atoms with Crippen molar-refractivity contribution >= 4 is 11.6 Å². The highest BCUT2D eigenvalue weighted by atomic mass is 35.5. The van der Waals surface area contributed by atoms with Gasteiger partial charge in [0, 0.05) is 6.42 Å². The van der Waals surface area contributed by atoms with E-state index in [-0.39, 0.29) is 17.2 Å². The van der Waals surface area contributed by atoms with Gasteiger partial charge in [-0.05, 0) is 18.1 Å². The van der Waals surface area contributed by atoms with Gasteiger partial charge in [-0.2, -0.15) is 5.26 Å². The molecule has 5 heteroatoms. The van der Waals surface area contributed by atoms with Crippen LogP contribution in [0, 0.1) is 17.1 Å². The average molecular weight is 230 g/mol. The quantitative estimate of drug-likeness (QED) is 0.867. The van der Waals surface area contributed by atoms with Crippen molar-refractivity contribution in [2.75, 3.05) is 7.11 Å². The van der Waals surface area contributed by atoms with Gasteiger partial charge in [0.2, 0.25) is 0 Å². The first kappa shape index (κ1) is 11.6. The number of halogens is 2. The van der Waals surface area contributed by atoms with E-state index in [9.17, 15) is 9.50 Å². The maximum absolute atomic E-state index is 13.1. The number of nitriles is 1. The van der Waals surface area contributed by atoms with Crippen molar-refractivity contribution < 1.29 is 14.2 Å². The maximum Gasteiger partial charge on any atom is 0.174 e. The van der Waals surface area contributed by atoms with Crippen LogP contribution in [0.4, 0.5) is 4.39 Å². The van der Waals surface area contributed by atoms with Crippen LogP contribution in [0.15, 0.2) is 6.07 Å². The van der Waals surface area contributed by atoms with Gasteiger partial charge in [-0.25, -0.2) is 4.39 Å². The van der Waals surface area contributed by atoms with Gasteiger partial charge in [-0.15, -0.1) is 0 Å². The Morgan fingerprint density at radius 1 is 1.67 bits per heavy atom. The molecule has 0 radical (unpaired) electrons. The molecule has 0 aliphatic rings. The third kappa shape index (κ3) is 2.31. The summed E-state index contributed by atoms with van der Waals surface area (Å²) in [6, 6.07) is 3.06. The van der Waals surface area contributed by atoms with Crippen LogP contribution in [-0.4, -0.2) is 12.2 Å². The molecule has 0 fully saturated rings. The Balaban J connectivity index is 3.20. The fourth-order valence-corrected chi connectivity index (χ4v) is 1.53. The molecule has 0 heterocycles. The molecule has 0 saturated carbocycles. The maximum atomic E-state index is 13.1. The van der Waals surface area contributed by atoms with Crippen LogP contribution in [0.5, 0.6) is 11.5 Å². The van der Waals surface area contributed by atoms with Gasteiger partial charge >= 0.3 is 0 Å². The standard InChI is InChI=1S/C10H9ClFNO2/c1-15-10-6(3-2-4-13)5-7(12)9(14)8(10)11/h5,14H,2-3H2,1H3. The second-order valence-corrected chi connectivity index (χ2v) is 3.25. The minimum atomic E-state index is -0.811. The van der Waals surface area contributed by atoms with E-state index >= 15 is 0 Å². The monoisotopic (exact) mass is 229 g/mol. The molecule has 0 aromatic heterocycles. The van der Waals surface area contributed by atoms with Gasteiger partial charge < -0.3 is 9.84 Å². The zero-order valence-electron chi connectivity index (χ0n) is 8.05. The second-order valence-electron chi connectivity index (χ2n) is 2.87. The smallest absolute Gasteiger partial charge is 0.174 e. The molecule has 1 N–H and O–H groups in total. The fraction of sp³-hybridized carbons (Fsp3) is 0.300. The van der Waals surface area contributed by atoms with E-state index in [1.165, 1.54) is 7.11 Å². The second kappa shape index (κ2) is 4.85. The van der Waals surface area contributed by atoms with Crippen LogP contribution in [0.3, 0.4) is 0 Å². The van der Waals surface area contributed by atoms with Crippen LogP contribution < -0.4 is 4.74 Å². The van der Waals surface area contributed by atoms with Gasteiger partial charge in [0.05, 0.1) is 13.2 Å². The molecule has 3 nitrogen and oxygen atoms in total. The summed E-state index contributed by atoms with van der Waals surface area (Å²) in [5.41, 5.74) is 0.472. The molecule has 0 aliphatic heterocycles. The lowest BCUT2D eigenvalue weighted by molar-refractivity contribution is 0.393. The Labute approximate surface area is 91.7 Å². The van der Waals surface area contributed by atoms with E-state index in [4.69, 9.17) is 21.6 Å². The number of methoxy groups -OCH3 is 1. The Morgan fingerprint density at radius 3 is 2.87 bits per heavy atom. The Bertz CT molecular complexity index is 415. The molecule has 0 aliphatic carbocycles. The van der Waals surface area contributed by atoms with Crippen molar-refractivity contribution in [3.05, 3.63) is 22.5 Å². The van der Waals surface area contributed by atoms with Gasteiger partial charge in [0.25, 0.3) is 0 Å². The van der Waals surface area contributed by atoms with Crippen LogP contribution in [0.2, 0.25) is 5.02 Å². The number of hydrogen-bond acceptors (Lipinski definition) is 3. The van der Waals surface area contributed by atoms with E-state index in [1.807, 2.05) is 6.07 Å². The number of phenolic OH excluding ortho intramolecular Hbond substituents is 1. The highest BCUT2D eigenvalue weighted by molar-refractivity contribution is 6.33. The van der Waals surface area contributed by atoms with Crippen LogP contribution in [-0.2, 0) is 6.42 Å². The van der Waals surface area contributed by atoms with Crippen LogP contribution in [0.1, 0.15) is 12.0 Å². The first-order valence-corrected chi connectivity index (χ1v) is 4.60. The van der Waals surface area contributed by atoms with Crippen molar-refractivity contribution in [3.63, 3.8) is 0 Å². The number of ether oxygens (including phenoxy) is 1. The van der Waals surface area contributed by atoms with Crippen molar-refractivity contribution in [1.29, 1.82) is 5.26 Å². The predicted octanol–water partition coefficient (Wildman–Crippen LogP) is 2.65. The highest BCUT2D eigenvalue weighted by Crippen LogP contribution is 2.38. The van der Waals surface area contributed by atoms with E-state index in [2.05, 4.69) is 0 Å². The van der Waals surface area contributed by atoms with Crippen LogP contribution in [0.25, 0.3) is 0 Å². The minimum Gasteiger partial charge on any atom is -0.504 e. The summed E-state index contributed by atoms with van der Waals surface area (Å²) < 4.78 is 18.1. The molecule has 0 unspecified atom stereocenters. The molecule has 0 saturated heterocycles. The van der Waals surface area contributed by atoms with Crippen molar-refractivity contribution in [1.82, 2.24) is 0 Å². The number of phenols is 1. The largest absolute Gasteiger partial charge is 0.504 e. The van der Waals surface area contributed by atoms with Gasteiger partial charge in [0.1, 0.15) is 10.8 Å². The number of aryl methyl sites for hydroxylation is 1.